The van der Waals surface area contributed by atoms with Crippen LogP contribution in [0.15, 0.2) is 0 Å². The van der Waals surface area contributed by atoms with Crippen molar-refractivity contribution in [2.75, 3.05) is 31.6 Å². The molecule has 158 valence electrons. The van der Waals surface area contributed by atoms with Crippen LogP contribution in [0.25, 0.3) is 0 Å². The van der Waals surface area contributed by atoms with Gasteiger partial charge in [0.05, 0.1) is 6.54 Å². The summed E-state index contributed by atoms with van der Waals surface area (Å²) < 4.78 is 28.1. The quantitative estimate of drug-likeness (QED) is 0.621. The van der Waals surface area contributed by atoms with Gasteiger partial charge in [-0.05, 0) is 25.7 Å². The van der Waals surface area contributed by atoms with E-state index in [1.807, 2.05) is 20.8 Å². The first kappa shape index (κ1) is 22.7. The molecule has 2 heterocycles. The van der Waals surface area contributed by atoms with Gasteiger partial charge >= 0.3 is 0 Å². The third-order valence-corrected chi connectivity index (χ3v) is 7.19. The van der Waals surface area contributed by atoms with E-state index in [9.17, 15) is 13.2 Å². The highest BCUT2D eigenvalue weighted by Gasteiger charge is 2.30. The molecule has 0 aliphatic carbocycles. The monoisotopic (exact) mass is 411 g/mol. The molecule has 0 fully saturated rings. The Labute approximate surface area is 169 Å². The fraction of sp³-hybridized carbons (Fsp3) is 0.737. The summed E-state index contributed by atoms with van der Waals surface area (Å²) >= 11 is 0. The summed E-state index contributed by atoms with van der Waals surface area (Å²) in [5, 5.41) is 0. The molecule has 1 aromatic heterocycles. The maximum Gasteiger partial charge on any atom is 0.282 e. The van der Waals surface area contributed by atoms with Crippen LogP contribution in [-0.2, 0) is 28.0 Å². The molecule has 2 rings (SSSR count). The third kappa shape index (κ3) is 4.87. The first-order valence-electron chi connectivity index (χ1n) is 9.99. The van der Waals surface area contributed by atoms with Gasteiger partial charge in [0.1, 0.15) is 11.6 Å². The number of anilines is 1. The van der Waals surface area contributed by atoms with Crippen LogP contribution >= 0.6 is 0 Å². The third-order valence-electron chi connectivity index (χ3n) is 5.10. The number of nitrogens with zero attached hydrogens (tertiary/aromatic N) is 5. The molecular weight excluding hydrogens is 378 g/mol. The van der Waals surface area contributed by atoms with E-state index in [2.05, 4.69) is 23.8 Å². The lowest BCUT2D eigenvalue weighted by Crippen LogP contribution is -2.42. The van der Waals surface area contributed by atoms with Gasteiger partial charge in [0.2, 0.25) is 5.91 Å². The van der Waals surface area contributed by atoms with Gasteiger partial charge < -0.3 is 0 Å². The van der Waals surface area contributed by atoms with E-state index < -0.39 is 10.2 Å². The predicted octanol–water partition coefficient (Wildman–Crippen LogP) is 2.13. The Balaban J connectivity index is 2.33. The van der Waals surface area contributed by atoms with Crippen LogP contribution in [0.4, 0.5) is 5.82 Å². The average Bonchev–Trinajstić information content (AvgIpc) is 2.61. The number of amides is 1. The van der Waals surface area contributed by atoms with Crippen LogP contribution in [-0.4, -0.2) is 59.6 Å². The Bertz CT molecular complexity index is 806. The summed E-state index contributed by atoms with van der Waals surface area (Å²) in [5.41, 5.74) is 1.80. The summed E-state index contributed by atoms with van der Waals surface area (Å²) in [7, 11) is -2.04. The molecule has 0 N–H and O–H groups in total. The highest BCUT2D eigenvalue weighted by atomic mass is 32.2. The van der Waals surface area contributed by atoms with E-state index in [1.165, 1.54) is 15.7 Å². The van der Waals surface area contributed by atoms with Crippen molar-refractivity contribution in [2.24, 2.45) is 5.92 Å². The van der Waals surface area contributed by atoms with Crippen LogP contribution in [0.1, 0.15) is 57.6 Å². The van der Waals surface area contributed by atoms with Gasteiger partial charge in [-0.15, -0.1) is 0 Å². The number of rotatable bonds is 9. The lowest BCUT2D eigenvalue weighted by Gasteiger charge is -2.30. The summed E-state index contributed by atoms with van der Waals surface area (Å²) in [6.07, 6.45) is 1.98. The van der Waals surface area contributed by atoms with E-state index in [0.717, 1.165) is 17.7 Å². The van der Waals surface area contributed by atoms with Gasteiger partial charge in [-0.25, -0.2) is 9.97 Å². The Kier molecular flexibility index (Phi) is 7.52. The lowest BCUT2D eigenvalue weighted by atomic mass is 10.0. The van der Waals surface area contributed by atoms with E-state index in [-0.39, 0.29) is 12.5 Å². The van der Waals surface area contributed by atoms with Crippen molar-refractivity contribution in [3.63, 3.8) is 0 Å². The first-order valence-corrected chi connectivity index (χ1v) is 11.4. The van der Waals surface area contributed by atoms with Crippen LogP contribution in [0.2, 0.25) is 0 Å². The van der Waals surface area contributed by atoms with Crippen LogP contribution < -0.4 is 4.90 Å². The van der Waals surface area contributed by atoms with Gasteiger partial charge in [0.15, 0.2) is 0 Å². The Morgan fingerprint density at radius 1 is 1.14 bits per heavy atom. The largest absolute Gasteiger partial charge is 0.296 e. The van der Waals surface area contributed by atoms with Crippen molar-refractivity contribution in [3.8, 4) is 0 Å². The van der Waals surface area contributed by atoms with Gasteiger partial charge in [-0.2, -0.15) is 17.0 Å². The molecule has 0 bridgehead atoms. The smallest absolute Gasteiger partial charge is 0.282 e. The standard InChI is InChI=1S/C19H33N5O3S/c1-7-23(8-2)28(26,27)22(6)13-17-20-15(5)16-9-10-18(25)24(19(16)21-17)12-11-14(3)4/h14H,7-13H2,1-6H3. The van der Waals surface area contributed by atoms with Crippen LogP contribution in [0.3, 0.4) is 0 Å². The molecule has 0 spiro atoms. The summed E-state index contributed by atoms with van der Waals surface area (Å²) in [4.78, 5) is 23.4. The van der Waals surface area contributed by atoms with Gasteiger partial charge in [0, 0.05) is 44.4 Å². The molecule has 0 saturated carbocycles. The molecule has 0 saturated heterocycles. The summed E-state index contributed by atoms with van der Waals surface area (Å²) in [6, 6.07) is 0. The zero-order valence-corrected chi connectivity index (χ0v) is 18.7. The van der Waals surface area contributed by atoms with E-state index in [4.69, 9.17) is 0 Å². The molecule has 28 heavy (non-hydrogen) atoms. The number of carbonyl (C=O) groups is 1. The highest BCUT2D eigenvalue weighted by molar-refractivity contribution is 7.86. The fourth-order valence-corrected chi connectivity index (χ4v) is 4.68. The van der Waals surface area contributed by atoms with Gasteiger partial charge in [0.25, 0.3) is 10.2 Å². The average molecular weight is 412 g/mol. The van der Waals surface area contributed by atoms with Crippen molar-refractivity contribution in [1.82, 2.24) is 18.6 Å². The topological polar surface area (TPSA) is 86.7 Å². The number of fused-ring (bicyclic) bond motifs is 1. The zero-order valence-electron chi connectivity index (χ0n) is 17.9. The molecule has 1 aliphatic heterocycles. The lowest BCUT2D eigenvalue weighted by molar-refractivity contribution is -0.119. The summed E-state index contributed by atoms with van der Waals surface area (Å²) in [6.45, 7) is 11.3. The Hall–Kier alpha value is -1.58. The number of hydrogen-bond donors (Lipinski definition) is 0. The molecule has 8 nitrogen and oxygen atoms in total. The molecule has 1 aromatic rings. The Morgan fingerprint density at radius 3 is 2.36 bits per heavy atom. The molecule has 0 aromatic carbocycles. The summed E-state index contributed by atoms with van der Waals surface area (Å²) in [5.74, 6) is 1.61. The van der Waals surface area contributed by atoms with Crippen molar-refractivity contribution in [3.05, 3.63) is 17.1 Å². The minimum absolute atomic E-state index is 0.0686. The van der Waals surface area contributed by atoms with Crippen molar-refractivity contribution < 1.29 is 13.2 Å². The second-order valence-corrected chi connectivity index (χ2v) is 9.64. The van der Waals surface area contributed by atoms with E-state index in [1.54, 1.807) is 4.90 Å². The minimum atomic E-state index is -3.57. The number of hydrogen-bond acceptors (Lipinski definition) is 5. The minimum Gasteiger partial charge on any atom is -0.296 e. The number of aryl methyl sites for hydroxylation is 1. The molecule has 0 atom stereocenters. The number of carbonyl (C=O) groups excluding carboxylic acids is 1. The van der Waals surface area contributed by atoms with Crippen molar-refractivity contribution in [1.29, 1.82) is 0 Å². The van der Waals surface area contributed by atoms with Crippen molar-refractivity contribution in [2.45, 2.75) is 60.4 Å². The predicted molar refractivity (Wildman–Crippen MR) is 110 cm³/mol. The fourth-order valence-electron chi connectivity index (χ4n) is 3.35. The molecule has 0 unspecified atom stereocenters. The van der Waals surface area contributed by atoms with Crippen molar-refractivity contribution >= 4 is 21.9 Å². The molecule has 9 heteroatoms. The molecule has 0 radical (unpaired) electrons. The van der Waals surface area contributed by atoms with Gasteiger partial charge in [-0.3, -0.25) is 9.69 Å². The maximum atomic E-state index is 12.7. The van der Waals surface area contributed by atoms with Crippen LogP contribution in [0, 0.1) is 12.8 Å². The zero-order chi connectivity index (χ0) is 21.1. The maximum absolute atomic E-state index is 12.7. The molecule has 1 amide bonds. The van der Waals surface area contributed by atoms with Crippen LogP contribution in [0.5, 0.6) is 0 Å². The Morgan fingerprint density at radius 2 is 1.79 bits per heavy atom. The van der Waals surface area contributed by atoms with E-state index >= 15 is 0 Å². The number of aromatic nitrogens is 2. The second-order valence-electron chi connectivity index (χ2n) is 7.60. The second kappa shape index (κ2) is 9.28. The van der Waals surface area contributed by atoms with Gasteiger partial charge in [-0.1, -0.05) is 27.7 Å². The molecular formula is C19H33N5O3S. The van der Waals surface area contributed by atoms with E-state index in [0.29, 0.717) is 50.0 Å². The SMILES string of the molecule is CCN(CC)S(=O)(=O)N(C)Cc1nc(C)c2c(n1)N(CCC(C)C)C(=O)CC2. The highest BCUT2D eigenvalue weighted by Crippen LogP contribution is 2.29. The molecule has 1 aliphatic rings. The normalized spacial score (nSPS) is 15.0. The first-order chi connectivity index (χ1) is 13.1.